The maximum Gasteiger partial charge on any atom is 0.157 e. The van der Waals surface area contributed by atoms with Crippen LogP contribution in [-0.2, 0) is 23.7 Å². The minimum Gasteiger partial charge on any atom is -0.396 e. The van der Waals surface area contributed by atoms with E-state index in [1.54, 1.807) is 0 Å². The Hall–Kier alpha value is -0.600. The number of rotatable bonds is 21. The molecule has 0 radical (unpaired) electrons. The zero-order valence-electron chi connectivity index (χ0n) is 79.7. The van der Waals surface area contributed by atoms with Gasteiger partial charge in [0.05, 0.1) is 62.5 Å². The molecule has 10 N–H and O–H groups in total. The van der Waals surface area contributed by atoms with Gasteiger partial charge in [0.1, 0.15) is 0 Å². The molecule has 0 bridgehead atoms. The Morgan fingerprint density at radius 3 is 1.03 bits per heavy atom. The lowest BCUT2D eigenvalue weighted by Crippen LogP contribution is -2.34. The van der Waals surface area contributed by atoms with Gasteiger partial charge in [0.2, 0.25) is 0 Å². The van der Waals surface area contributed by atoms with Gasteiger partial charge in [-0.05, 0) is 253 Å². The lowest BCUT2D eigenvalue weighted by Gasteiger charge is -2.35. The van der Waals surface area contributed by atoms with Crippen molar-refractivity contribution < 1.29 is 74.7 Å². The largest absolute Gasteiger partial charge is 0.396 e. The van der Waals surface area contributed by atoms with Crippen molar-refractivity contribution in [1.29, 1.82) is 0 Å². The molecule has 0 amide bonds. The number of hydrogen-bond acceptors (Lipinski definition) is 15. The predicted molar refractivity (Wildman–Crippen MR) is 469 cm³/mol. The monoisotopic (exact) mass is 1580 g/mol. The molecule has 9 aliphatic rings. The zero-order chi connectivity index (χ0) is 86.7. The summed E-state index contributed by atoms with van der Waals surface area (Å²) in [7, 11) is 0. The van der Waals surface area contributed by atoms with Gasteiger partial charge in [-0.1, -0.05) is 222 Å². The Morgan fingerprint density at radius 2 is 0.936 bits per heavy atom. The summed E-state index contributed by atoms with van der Waals surface area (Å²) in [5.74, 6) is 14.6. The average molecular weight is 1580 g/mol. The third-order valence-electron chi connectivity index (χ3n) is 23.5. The molecular weight excluding hydrogens is 1380 g/mol. The van der Waals surface area contributed by atoms with Gasteiger partial charge >= 0.3 is 0 Å². The van der Waals surface area contributed by atoms with E-state index >= 15 is 0 Å². The van der Waals surface area contributed by atoms with E-state index in [2.05, 4.69) is 215 Å². The summed E-state index contributed by atoms with van der Waals surface area (Å²) in [6, 6.07) is 0. The first-order valence-corrected chi connectivity index (χ1v) is 45.0. The maximum atomic E-state index is 9.30. The first-order valence-electron chi connectivity index (χ1n) is 45.0. The minimum absolute atomic E-state index is 0.0231. The molecule has 0 aromatic rings. The molecule has 4 saturated carbocycles. The third kappa shape index (κ3) is 67.3. The van der Waals surface area contributed by atoms with Gasteiger partial charge in [0, 0.05) is 70.6 Å². The molecule has 0 aromatic carbocycles. The molecule has 0 aromatic heterocycles. The van der Waals surface area contributed by atoms with Crippen molar-refractivity contribution in [2.75, 3.05) is 85.9 Å². The van der Waals surface area contributed by atoms with E-state index in [1.165, 1.54) is 44.9 Å². The summed E-state index contributed by atoms with van der Waals surface area (Å²) >= 11 is 0. The van der Waals surface area contributed by atoms with Gasteiger partial charge in [0.25, 0.3) is 0 Å². The fourth-order valence-corrected chi connectivity index (χ4v) is 12.6. The van der Waals surface area contributed by atoms with Gasteiger partial charge in [-0.2, -0.15) is 0 Å². The van der Waals surface area contributed by atoms with E-state index in [0.29, 0.717) is 102 Å². The Balaban J connectivity index is -0.000000360. The molecule has 4 aliphatic carbocycles. The normalized spacial score (nSPS) is 23.5. The highest BCUT2D eigenvalue weighted by Gasteiger charge is 2.44. The van der Waals surface area contributed by atoms with E-state index in [-0.39, 0.29) is 35.9 Å². The summed E-state index contributed by atoms with van der Waals surface area (Å²) in [6.45, 7) is 84.9. The Morgan fingerprint density at radius 1 is 0.464 bits per heavy atom. The number of aliphatic hydroxyl groups is 10. The van der Waals surface area contributed by atoms with E-state index in [1.807, 2.05) is 27.7 Å². The smallest absolute Gasteiger partial charge is 0.157 e. The molecule has 0 spiro atoms. The van der Waals surface area contributed by atoms with Crippen LogP contribution >= 0.6 is 0 Å². The van der Waals surface area contributed by atoms with E-state index < -0.39 is 11.9 Å². The van der Waals surface area contributed by atoms with Crippen LogP contribution in [0.5, 0.6) is 0 Å². The summed E-state index contributed by atoms with van der Waals surface area (Å²) in [5, 5.41) is 88.6. The number of ether oxygens (including phenoxy) is 5. The van der Waals surface area contributed by atoms with Crippen LogP contribution in [0.15, 0.2) is 0 Å². The average Bonchev–Trinajstić information content (AvgIpc) is 1.65. The van der Waals surface area contributed by atoms with Gasteiger partial charge in [0.15, 0.2) is 6.29 Å². The SMILES string of the molecule is CC(C)(C)C1CCOCC1.CC(C)C(C)(C)CO.CC(C)C(C)CO.CC(C)C1(CO)CC1.CC(C)C1CC(O)C1.CC(C)C1CCC1O.CC(C)C1CCOC1.CC(C)C1CCOC1O.CC(C)C1COC1.CC(C)CC(C)(C)O.CC(C)CC(C)O.CC(C)CC1(O)CC1.CC(C)CC1COC1.CC(C)CCO. The van der Waals surface area contributed by atoms with Crippen molar-refractivity contribution in [3.05, 3.63) is 0 Å². The van der Waals surface area contributed by atoms with Gasteiger partial charge in [-0.25, -0.2) is 0 Å². The lowest BCUT2D eigenvalue weighted by atomic mass is 9.75. The first kappa shape index (κ1) is 118. The summed E-state index contributed by atoms with van der Waals surface area (Å²) in [5.41, 5.74) is 0.228. The molecule has 9 fully saturated rings. The van der Waals surface area contributed by atoms with Crippen LogP contribution in [0, 0.1) is 141 Å². The minimum atomic E-state index is -0.495. The standard InChI is InChI=1S/C9H18O.C7H14O2.6C7H14O.2C7H16O.C6H12O.2C6H14O.C5H12O/c1-9(2,3)8-4-6-10-7-5-8;1-5(2)6-3-4-9-7(6)8;1-6(2)3-7-4-8-5-7;1-5(2)6-3-7(8)4-6;1-6(2)7-3-4-8-5-7;1-6(2)7(5-8)3-4-7;1-6(2)5-7(8)3-4-7;1-5(2)6-3-4-7(6)8;1-6(2)7(3,4)5-8;1-6(2)5-7(3,4)8;1-5(2)6-3-7-4-6;1-5(2)6(3)4-7;1-5(2)4-6(3)7;1-5(2)3-4-6/h8H,4-7H2,1-3H3;5-8H,3-4H2,1-2H3;6-7H,3-5H2,1-2H3;5-8H,3-4H2,1-2H3;6-7H,3-5H2,1-2H3;2*6,8H,3-5H2,1-2H3;5-8H,3-4H2,1-2H3;2*6,8H,5H2,1-4H3;5-6H,3-4H2,1-2H3;2*5-7H,4H2,1-3H3;5-6H,3-4H2,1-2H3. The van der Waals surface area contributed by atoms with Crippen LogP contribution in [0.1, 0.15) is 351 Å². The highest BCUT2D eigenvalue weighted by Crippen LogP contribution is 2.51. The van der Waals surface area contributed by atoms with Crippen LogP contribution in [0.2, 0.25) is 0 Å². The molecule has 9 rings (SSSR count). The van der Waals surface area contributed by atoms with E-state index in [4.69, 9.17) is 64.5 Å². The summed E-state index contributed by atoms with van der Waals surface area (Å²) in [6.07, 6.45) is 18.2. The van der Waals surface area contributed by atoms with Crippen LogP contribution < -0.4 is 0 Å². The quantitative estimate of drug-likeness (QED) is 0.0513. The Kier molecular flexibility index (Phi) is 69.0. The predicted octanol–water partition coefficient (Wildman–Crippen LogP) is 21.1. The Bertz CT molecular complexity index is 1920. The highest BCUT2D eigenvalue weighted by atomic mass is 16.6. The van der Waals surface area contributed by atoms with Crippen molar-refractivity contribution in [1.82, 2.24) is 0 Å². The third-order valence-corrected chi connectivity index (χ3v) is 23.5. The topological polar surface area (TPSA) is 248 Å². The number of hydrogen-bond donors (Lipinski definition) is 10. The zero-order valence-corrected chi connectivity index (χ0v) is 79.7. The lowest BCUT2D eigenvalue weighted by molar-refractivity contribution is -0.0901. The summed E-state index contributed by atoms with van der Waals surface area (Å²) < 4.78 is 25.5. The molecule has 5 heterocycles. The fourth-order valence-electron chi connectivity index (χ4n) is 12.6. The molecule has 7 atom stereocenters. The summed E-state index contributed by atoms with van der Waals surface area (Å²) in [4.78, 5) is 0. The molecule has 5 saturated heterocycles. The molecule has 110 heavy (non-hydrogen) atoms. The van der Waals surface area contributed by atoms with Crippen molar-refractivity contribution in [3.63, 3.8) is 0 Å². The van der Waals surface area contributed by atoms with Crippen LogP contribution in [0.25, 0.3) is 0 Å². The number of aliphatic hydroxyl groups excluding tert-OH is 8. The van der Waals surface area contributed by atoms with Crippen molar-refractivity contribution in [2.24, 2.45) is 141 Å². The molecule has 670 valence electrons. The Labute approximate surface area is 685 Å². The van der Waals surface area contributed by atoms with Gasteiger partial charge < -0.3 is 74.7 Å². The van der Waals surface area contributed by atoms with Gasteiger partial charge in [-0.15, -0.1) is 0 Å². The maximum absolute atomic E-state index is 9.30. The highest BCUT2D eigenvalue weighted by molar-refractivity contribution is 4.95. The molecule has 7 unspecified atom stereocenters. The van der Waals surface area contributed by atoms with Crippen molar-refractivity contribution in [2.45, 2.75) is 387 Å². The second kappa shape index (κ2) is 64.3. The molecule has 15 heteroatoms. The van der Waals surface area contributed by atoms with Crippen LogP contribution in [-0.4, -0.2) is 173 Å². The second-order valence-corrected chi connectivity index (χ2v) is 41.8. The fraction of sp³-hybridized carbons (Fsp3) is 1.00. The molecular formula is C95H200O15. The van der Waals surface area contributed by atoms with Crippen molar-refractivity contribution >= 4 is 0 Å². The van der Waals surface area contributed by atoms with E-state index in [0.717, 1.165) is 177 Å². The molecule has 15 nitrogen and oxygen atoms in total. The van der Waals surface area contributed by atoms with Crippen LogP contribution in [0.3, 0.4) is 0 Å². The van der Waals surface area contributed by atoms with Gasteiger partial charge in [-0.3, -0.25) is 0 Å². The second-order valence-electron chi connectivity index (χ2n) is 41.8. The van der Waals surface area contributed by atoms with E-state index in [9.17, 15) is 10.2 Å². The molecule has 5 aliphatic heterocycles. The van der Waals surface area contributed by atoms with Crippen molar-refractivity contribution in [3.8, 4) is 0 Å². The van der Waals surface area contributed by atoms with Crippen LogP contribution in [0.4, 0.5) is 0 Å². The first-order chi connectivity index (χ1) is 50.5.